The number of nitrogens with one attached hydrogen (secondary N) is 1. The van der Waals surface area contributed by atoms with Gasteiger partial charge < -0.3 is 10.0 Å². The van der Waals surface area contributed by atoms with Crippen LogP contribution in [0.1, 0.15) is 30.3 Å². The smallest absolute Gasteiger partial charge is 0.328 e. The molecule has 3 rings (SSSR count). The Kier molecular flexibility index (Phi) is 4.48. The Morgan fingerprint density at radius 3 is 2.50 bits per heavy atom. The maximum Gasteiger partial charge on any atom is 0.328 e. The first-order chi connectivity index (χ1) is 11.4. The number of H-pyrrole nitrogens is 1. The van der Waals surface area contributed by atoms with Crippen molar-refractivity contribution in [2.24, 2.45) is 0 Å². The highest BCUT2D eigenvalue weighted by Crippen LogP contribution is 2.24. The third-order valence-electron chi connectivity index (χ3n) is 4.30. The molecule has 24 heavy (non-hydrogen) atoms. The standard InChI is InChI=1S/C16H21N5O3/c1-10-9-11(2)18-15(17-10)20-6-3-12(13(22)4-7-20)21-8-5-14(23)19-16(21)24/h5,8-9,12-13,22H,3-4,6-7H2,1-2H3,(H,19,23,24)/t12-,13-/m0/s1. The molecule has 1 aliphatic heterocycles. The van der Waals surface area contributed by atoms with Crippen LogP contribution in [0.4, 0.5) is 5.95 Å². The van der Waals surface area contributed by atoms with Crippen molar-refractivity contribution in [1.29, 1.82) is 0 Å². The second-order valence-electron chi connectivity index (χ2n) is 6.17. The molecule has 3 heterocycles. The van der Waals surface area contributed by atoms with Gasteiger partial charge in [-0.3, -0.25) is 14.3 Å². The Labute approximate surface area is 138 Å². The highest BCUT2D eigenvalue weighted by atomic mass is 16.3. The van der Waals surface area contributed by atoms with Crippen molar-refractivity contribution in [3.05, 3.63) is 50.6 Å². The van der Waals surface area contributed by atoms with E-state index in [0.29, 0.717) is 31.9 Å². The van der Waals surface area contributed by atoms with E-state index < -0.39 is 17.4 Å². The zero-order valence-electron chi connectivity index (χ0n) is 13.8. The second-order valence-corrected chi connectivity index (χ2v) is 6.17. The Morgan fingerprint density at radius 1 is 1.17 bits per heavy atom. The highest BCUT2D eigenvalue weighted by molar-refractivity contribution is 5.32. The first kappa shape index (κ1) is 16.4. The summed E-state index contributed by atoms with van der Waals surface area (Å²) in [4.78, 5) is 36.4. The van der Waals surface area contributed by atoms with Crippen LogP contribution in [0, 0.1) is 13.8 Å². The van der Waals surface area contributed by atoms with Crippen LogP contribution in [-0.4, -0.2) is 43.8 Å². The molecule has 128 valence electrons. The Morgan fingerprint density at radius 2 is 1.83 bits per heavy atom. The average Bonchev–Trinajstić information content (AvgIpc) is 2.69. The lowest BCUT2D eigenvalue weighted by Gasteiger charge is -2.22. The van der Waals surface area contributed by atoms with Crippen molar-refractivity contribution in [2.45, 2.75) is 38.8 Å². The Hall–Kier alpha value is -2.48. The molecule has 0 unspecified atom stereocenters. The maximum absolute atomic E-state index is 12.0. The number of anilines is 1. The van der Waals surface area contributed by atoms with Crippen LogP contribution < -0.4 is 16.1 Å². The van der Waals surface area contributed by atoms with Crippen molar-refractivity contribution < 1.29 is 5.11 Å². The van der Waals surface area contributed by atoms with E-state index in [-0.39, 0.29) is 6.04 Å². The number of aliphatic hydroxyl groups is 1. The number of aliphatic hydroxyl groups excluding tert-OH is 1. The van der Waals surface area contributed by atoms with E-state index >= 15 is 0 Å². The topological polar surface area (TPSA) is 104 Å². The van der Waals surface area contributed by atoms with Gasteiger partial charge in [0.25, 0.3) is 5.56 Å². The summed E-state index contributed by atoms with van der Waals surface area (Å²) in [5.74, 6) is 0.647. The molecule has 2 aromatic heterocycles. The summed E-state index contributed by atoms with van der Waals surface area (Å²) in [5.41, 5.74) is 0.860. The van der Waals surface area contributed by atoms with Gasteiger partial charge in [-0.15, -0.1) is 0 Å². The molecular formula is C16H21N5O3. The van der Waals surface area contributed by atoms with Crippen LogP contribution in [0.3, 0.4) is 0 Å². The van der Waals surface area contributed by atoms with Crippen molar-refractivity contribution in [3.63, 3.8) is 0 Å². The lowest BCUT2D eigenvalue weighted by atomic mass is 10.1. The lowest BCUT2D eigenvalue weighted by Crippen LogP contribution is -2.36. The molecule has 0 aromatic carbocycles. The lowest BCUT2D eigenvalue weighted by molar-refractivity contribution is 0.106. The van der Waals surface area contributed by atoms with Gasteiger partial charge in [-0.05, 0) is 32.8 Å². The molecule has 0 radical (unpaired) electrons. The van der Waals surface area contributed by atoms with Crippen LogP contribution in [0.2, 0.25) is 0 Å². The molecule has 0 spiro atoms. The predicted molar refractivity (Wildman–Crippen MR) is 89.3 cm³/mol. The SMILES string of the molecule is Cc1cc(C)nc(N2CC[C@H](O)[C@@H](n3ccc(=O)[nH]c3=O)CC2)n1. The van der Waals surface area contributed by atoms with Gasteiger partial charge in [0.1, 0.15) is 0 Å². The second kappa shape index (κ2) is 6.56. The van der Waals surface area contributed by atoms with Gasteiger partial charge >= 0.3 is 5.69 Å². The maximum atomic E-state index is 12.0. The van der Waals surface area contributed by atoms with Crippen molar-refractivity contribution >= 4 is 5.95 Å². The summed E-state index contributed by atoms with van der Waals surface area (Å²) in [6.07, 6.45) is 1.82. The van der Waals surface area contributed by atoms with E-state index in [1.165, 1.54) is 16.8 Å². The van der Waals surface area contributed by atoms with Crippen molar-refractivity contribution in [2.75, 3.05) is 18.0 Å². The van der Waals surface area contributed by atoms with Crippen LogP contribution in [0.5, 0.6) is 0 Å². The van der Waals surface area contributed by atoms with Crippen LogP contribution in [0.25, 0.3) is 0 Å². The van der Waals surface area contributed by atoms with E-state index in [1.807, 2.05) is 24.8 Å². The molecule has 1 saturated heterocycles. The zero-order chi connectivity index (χ0) is 17.3. The molecule has 0 amide bonds. The largest absolute Gasteiger partial charge is 0.391 e. The quantitative estimate of drug-likeness (QED) is 0.811. The summed E-state index contributed by atoms with van der Waals surface area (Å²) in [7, 11) is 0. The first-order valence-corrected chi connectivity index (χ1v) is 8.01. The number of hydrogen-bond acceptors (Lipinski definition) is 6. The van der Waals surface area contributed by atoms with E-state index in [9.17, 15) is 14.7 Å². The van der Waals surface area contributed by atoms with Gasteiger partial charge in [0.2, 0.25) is 5.95 Å². The summed E-state index contributed by atoms with van der Waals surface area (Å²) in [6.45, 7) is 5.08. The minimum absolute atomic E-state index is 0.384. The number of aromatic nitrogens is 4. The minimum Gasteiger partial charge on any atom is -0.391 e. The average molecular weight is 331 g/mol. The van der Waals surface area contributed by atoms with Crippen molar-refractivity contribution in [1.82, 2.24) is 19.5 Å². The monoisotopic (exact) mass is 331 g/mol. The van der Waals surface area contributed by atoms with Crippen LogP contribution in [-0.2, 0) is 0 Å². The summed E-state index contributed by atoms with van der Waals surface area (Å²) in [6, 6.07) is 2.83. The van der Waals surface area contributed by atoms with Gasteiger partial charge in [-0.25, -0.2) is 14.8 Å². The predicted octanol–water partition coefficient (Wildman–Crippen LogP) is 0.146. The van der Waals surface area contributed by atoms with Crippen LogP contribution in [0.15, 0.2) is 27.9 Å². The van der Waals surface area contributed by atoms with E-state index in [0.717, 1.165) is 11.4 Å². The first-order valence-electron chi connectivity index (χ1n) is 8.01. The van der Waals surface area contributed by atoms with Gasteiger partial charge in [0, 0.05) is 36.7 Å². The molecule has 8 nitrogen and oxygen atoms in total. The number of nitrogens with zero attached hydrogens (tertiary/aromatic N) is 4. The fraction of sp³-hybridized carbons (Fsp3) is 0.500. The minimum atomic E-state index is -0.676. The van der Waals surface area contributed by atoms with Gasteiger partial charge in [0.15, 0.2) is 0 Å². The number of aromatic amines is 1. The number of hydrogen-bond donors (Lipinski definition) is 2. The summed E-state index contributed by atoms with van der Waals surface area (Å²) >= 11 is 0. The number of aryl methyl sites for hydroxylation is 2. The van der Waals surface area contributed by atoms with Crippen molar-refractivity contribution in [3.8, 4) is 0 Å². The van der Waals surface area contributed by atoms with Gasteiger partial charge in [-0.1, -0.05) is 0 Å². The molecular weight excluding hydrogens is 310 g/mol. The molecule has 2 atom stereocenters. The zero-order valence-corrected chi connectivity index (χ0v) is 13.8. The molecule has 1 fully saturated rings. The molecule has 8 heteroatoms. The summed E-state index contributed by atoms with van der Waals surface area (Å²) < 4.78 is 1.40. The number of rotatable bonds is 2. The molecule has 0 saturated carbocycles. The van der Waals surface area contributed by atoms with Gasteiger partial charge in [-0.2, -0.15) is 0 Å². The van der Waals surface area contributed by atoms with Crippen LogP contribution >= 0.6 is 0 Å². The third-order valence-corrected chi connectivity index (χ3v) is 4.30. The summed E-state index contributed by atoms with van der Waals surface area (Å²) in [5, 5.41) is 10.5. The molecule has 1 aliphatic rings. The van der Waals surface area contributed by atoms with E-state index in [1.54, 1.807) is 0 Å². The fourth-order valence-electron chi connectivity index (χ4n) is 3.13. The van der Waals surface area contributed by atoms with E-state index in [2.05, 4.69) is 15.0 Å². The normalized spacial score (nSPS) is 21.5. The molecule has 0 bridgehead atoms. The molecule has 0 aliphatic carbocycles. The fourth-order valence-corrected chi connectivity index (χ4v) is 3.13. The molecule has 2 aromatic rings. The van der Waals surface area contributed by atoms with Gasteiger partial charge in [0.05, 0.1) is 12.1 Å². The van der Waals surface area contributed by atoms with E-state index in [4.69, 9.17) is 0 Å². The molecule has 2 N–H and O–H groups in total. The third kappa shape index (κ3) is 3.38. The Balaban J connectivity index is 1.85. The highest BCUT2D eigenvalue weighted by Gasteiger charge is 2.28. The Bertz CT molecular complexity index is 824.